The van der Waals surface area contributed by atoms with E-state index in [-0.39, 0.29) is 6.61 Å². The predicted octanol–water partition coefficient (Wildman–Crippen LogP) is 3.56. The van der Waals surface area contributed by atoms with E-state index in [0.29, 0.717) is 12.5 Å². The first-order valence-electron chi connectivity index (χ1n) is 10.4. The summed E-state index contributed by atoms with van der Waals surface area (Å²) in [5.41, 5.74) is 3.78. The molecular weight excluding hydrogens is 344 g/mol. The van der Waals surface area contributed by atoms with Gasteiger partial charge in [-0.1, -0.05) is 54.3 Å². The first kappa shape index (κ1) is 20.6. The molecule has 0 saturated carbocycles. The van der Waals surface area contributed by atoms with Crippen molar-refractivity contribution < 1.29 is 5.11 Å². The second kappa shape index (κ2) is 11.0. The van der Waals surface area contributed by atoms with Gasteiger partial charge in [-0.25, -0.2) is 0 Å². The highest BCUT2D eigenvalue weighted by atomic mass is 16.2. The molecule has 0 aliphatic carbocycles. The number of rotatable bonds is 7. The fourth-order valence-electron chi connectivity index (χ4n) is 3.86. The molecule has 1 atom stereocenters. The van der Waals surface area contributed by atoms with Crippen molar-refractivity contribution in [2.24, 2.45) is 0 Å². The molecule has 1 aliphatic heterocycles. The fourth-order valence-corrected chi connectivity index (χ4v) is 3.86. The molecule has 28 heavy (non-hydrogen) atoms. The van der Waals surface area contributed by atoms with E-state index in [1.54, 1.807) is 0 Å². The van der Waals surface area contributed by atoms with Crippen LogP contribution in [-0.4, -0.2) is 54.2 Å². The number of likely N-dealkylation sites (N-methyl/N-ethyl adjacent to an activating group) is 1. The van der Waals surface area contributed by atoms with Crippen LogP contribution in [0.15, 0.2) is 54.6 Å². The Morgan fingerprint density at radius 3 is 2.61 bits per heavy atom. The maximum atomic E-state index is 8.81. The second-order valence-corrected chi connectivity index (χ2v) is 7.72. The van der Waals surface area contributed by atoms with Crippen molar-refractivity contribution in [1.82, 2.24) is 9.80 Å². The maximum absolute atomic E-state index is 8.81. The standard InChI is InChI=1S/C25H32N2O/c1-26(20-24-14-12-23(13-15-24)10-5-6-19-28)25-11-7-17-27(21-25)18-16-22-8-3-2-4-9-22/h2-4,8-9,12-15,25,28H,6-7,11,16-21H2,1H3. The zero-order chi connectivity index (χ0) is 19.6. The molecule has 1 fully saturated rings. The van der Waals surface area contributed by atoms with Gasteiger partial charge in [-0.15, -0.1) is 0 Å². The number of aliphatic hydroxyl groups is 1. The second-order valence-electron chi connectivity index (χ2n) is 7.72. The Hall–Kier alpha value is -2.12. The number of aliphatic hydroxyl groups excluding tert-OH is 1. The number of benzene rings is 2. The normalized spacial score (nSPS) is 17.3. The topological polar surface area (TPSA) is 26.7 Å². The highest BCUT2D eigenvalue weighted by Gasteiger charge is 2.23. The van der Waals surface area contributed by atoms with Gasteiger partial charge in [-0.05, 0) is 56.1 Å². The summed E-state index contributed by atoms with van der Waals surface area (Å²) in [6, 6.07) is 19.9. The molecule has 1 N–H and O–H groups in total. The van der Waals surface area contributed by atoms with E-state index in [1.807, 2.05) is 0 Å². The summed E-state index contributed by atoms with van der Waals surface area (Å²) in [4.78, 5) is 5.12. The highest BCUT2D eigenvalue weighted by molar-refractivity contribution is 5.36. The van der Waals surface area contributed by atoms with Gasteiger partial charge in [-0.2, -0.15) is 0 Å². The Morgan fingerprint density at radius 2 is 1.86 bits per heavy atom. The number of likely N-dealkylation sites (tertiary alicyclic amines) is 1. The summed E-state index contributed by atoms with van der Waals surface area (Å²) in [7, 11) is 2.25. The zero-order valence-electron chi connectivity index (χ0n) is 17.0. The summed E-state index contributed by atoms with van der Waals surface area (Å²) in [5, 5.41) is 8.81. The van der Waals surface area contributed by atoms with Crippen LogP contribution in [0.3, 0.4) is 0 Å². The summed E-state index contributed by atoms with van der Waals surface area (Å²) >= 11 is 0. The average molecular weight is 377 g/mol. The lowest BCUT2D eigenvalue weighted by molar-refractivity contribution is 0.112. The van der Waals surface area contributed by atoms with Gasteiger partial charge in [0.1, 0.15) is 0 Å². The van der Waals surface area contributed by atoms with Crippen molar-refractivity contribution in [1.29, 1.82) is 0 Å². The first-order chi connectivity index (χ1) is 13.7. The lowest BCUT2D eigenvalue weighted by atomic mass is 10.0. The van der Waals surface area contributed by atoms with Gasteiger partial charge < -0.3 is 10.0 Å². The summed E-state index contributed by atoms with van der Waals surface area (Å²) in [6.45, 7) is 4.63. The Bertz CT molecular complexity index is 761. The molecule has 2 aromatic carbocycles. The predicted molar refractivity (Wildman–Crippen MR) is 116 cm³/mol. The van der Waals surface area contributed by atoms with Gasteiger partial charge in [0.05, 0.1) is 6.61 Å². The lowest BCUT2D eigenvalue weighted by Crippen LogP contribution is -2.46. The van der Waals surface area contributed by atoms with Crippen LogP contribution in [0.4, 0.5) is 0 Å². The molecule has 1 heterocycles. The molecule has 1 unspecified atom stereocenters. The molecule has 0 aromatic heterocycles. The molecule has 3 heteroatoms. The first-order valence-corrected chi connectivity index (χ1v) is 10.4. The van der Waals surface area contributed by atoms with Crippen LogP contribution < -0.4 is 0 Å². The highest BCUT2D eigenvalue weighted by Crippen LogP contribution is 2.18. The van der Waals surface area contributed by atoms with Gasteiger partial charge in [0, 0.05) is 37.7 Å². The SMILES string of the molecule is CN(Cc1ccc(C#CCCO)cc1)C1CCCN(CCc2ccccc2)C1. The molecule has 0 spiro atoms. The van der Waals surface area contributed by atoms with Crippen LogP contribution in [0, 0.1) is 11.8 Å². The van der Waals surface area contributed by atoms with Crippen molar-refractivity contribution in [3.63, 3.8) is 0 Å². The van der Waals surface area contributed by atoms with E-state index < -0.39 is 0 Å². The van der Waals surface area contributed by atoms with E-state index in [2.05, 4.69) is 83.3 Å². The quantitative estimate of drug-likeness (QED) is 0.749. The molecule has 3 rings (SSSR count). The molecule has 0 bridgehead atoms. The maximum Gasteiger partial charge on any atom is 0.0540 e. The third-order valence-corrected chi connectivity index (χ3v) is 5.52. The summed E-state index contributed by atoms with van der Waals surface area (Å²) in [5.74, 6) is 6.07. The van der Waals surface area contributed by atoms with Crippen LogP contribution in [0.2, 0.25) is 0 Å². The van der Waals surface area contributed by atoms with E-state index in [4.69, 9.17) is 5.11 Å². The van der Waals surface area contributed by atoms with Gasteiger partial charge >= 0.3 is 0 Å². The molecule has 1 aliphatic rings. The molecule has 2 aromatic rings. The Balaban J connectivity index is 1.48. The van der Waals surface area contributed by atoms with Crippen molar-refractivity contribution in [3.05, 3.63) is 71.3 Å². The third-order valence-electron chi connectivity index (χ3n) is 5.52. The number of piperidine rings is 1. The molecule has 1 saturated heterocycles. The van der Waals surface area contributed by atoms with Crippen molar-refractivity contribution >= 4 is 0 Å². The minimum atomic E-state index is 0.125. The third kappa shape index (κ3) is 6.49. The van der Waals surface area contributed by atoms with Crippen molar-refractivity contribution in [2.75, 3.05) is 33.3 Å². The van der Waals surface area contributed by atoms with Gasteiger partial charge in [0.15, 0.2) is 0 Å². The van der Waals surface area contributed by atoms with Gasteiger partial charge in [0.2, 0.25) is 0 Å². The monoisotopic (exact) mass is 376 g/mol. The Morgan fingerprint density at radius 1 is 1.07 bits per heavy atom. The zero-order valence-corrected chi connectivity index (χ0v) is 17.0. The molecule has 0 radical (unpaired) electrons. The molecule has 0 amide bonds. The van der Waals surface area contributed by atoms with Crippen LogP contribution in [0.1, 0.15) is 36.0 Å². The van der Waals surface area contributed by atoms with Crippen molar-refractivity contribution in [3.8, 4) is 11.8 Å². The van der Waals surface area contributed by atoms with Crippen molar-refractivity contribution in [2.45, 2.75) is 38.3 Å². The van der Waals surface area contributed by atoms with E-state index in [9.17, 15) is 0 Å². The Kier molecular flexibility index (Phi) is 8.11. The minimum absolute atomic E-state index is 0.125. The van der Waals surface area contributed by atoms with Crippen LogP contribution in [0.5, 0.6) is 0 Å². The summed E-state index contributed by atoms with van der Waals surface area (Å²) < 4.78 is 0. The van der Waals surface area contributed by atoms with E-state index in [0.717, 1.165) is 31.6 Å². The average Bonchev–Trinajstić information content (AvgIpc) is 2.75. The summed E-state index contributed by atoms with van der Waals surface area (Å²) in [6.07, 6.45) is 4.23. The molecule has 3 nitrogen and oxygen atoms in total. The molecule has 148 valence electrons. The lowest BCUT2D eigenvalue weighted by Gasteiger charge is -2.37. The smallest absolute Gasteiger partial charge is 0.0540 e. The van der Waals surface area contributed by atoms with E-state index in [1.165, 1.54) is 30.5 Å². The van der Waals surface area contributed by atoms with E-state index >= 15 is 0 Å². The van der Waals surface area contributed by atoms with Gasteiger partial charge in [-0.3, -0.25) is 4.90 Å². The Labute approximate surface area is 170 Å². The van der Waals surface area contributed by atoms with Crippen LogP contribution >= 0.6 is 0 Å². The van der Waals surface area contributed by atoms with Crippen LogP contribution in [-0.2, 0) is 13.0 Å². The fraction of sp³-hybridized carbons (Fsp3) is 0.440. The number of hydrogen-bond donors (Lipinski definition) is 1. The number of hydrogen-bond acceptors (Lipinski definition) is 3. The molecular formula is C25H32N2O. The van der Waals surface area contributed by atoms with Gasteiger partial charge in [0.25, 0.3) is 0 Å². The number of nitrogens with zero attached hydrogens (tertiary/aromatic N) is 2. The largest absolute Gasteiger partial charge is 0.395 e. The minimum Gasteiger partial charge on any atom is -0.395 e. The van der Waals surface area contributed by atoms with Crippen LogP contribution in [0.25, 0.3) is 0 Å².